The minimum absolute atomic E-state index is 0.00907. The lowest BCUT2D eigenvalue weighted by atomic mass is 9.82. The predicted octanol–water partition coefficient (Wildman–Crippen LogP) is 2.65. The maximum atomic E-state index is 12.3. The van der Waals surface area contributed by atoms with Crippen molar-refractivity contribution in [3.05, 3.63) is 60.2 Å². The zero-order valence-electron chi connectivity index (χ0n) is 15.2. The molecule has 2 aromatic rings. The number of hydrogen-bond donors (Lipinski definition) is 3. The summed E-state index contributed by atoms with van der Waals surface area (Å²) >= 11 is 0. The van der Waals surface area contributed by atoms with Gasteiger partial charge in [0.05, 0.1) is 11.4 Å². The first kappa shape index (κ1) is 20.1. The maximum Gasteiger partial charge on any atom is 0.238 e. The van der Waals surface area contributed by atoms with Crippen LogP contribution in [0.25, 0.3) is 0 Å². The highest BCUT2D eigenvalue weighted by Gasteiger charge is 2.26. The van der Waals surface area contributed by atoms with Gasteiger partial charge in [-0.15, -0.1) is 0 Å². The first-order chi connectivity index (χ1) is 12.1. The Hall–Kier alpha value is -2.22. The maximum absolute atomic E-state index is 12.3. The van der Waals surface area contributed by atoms with Gasteiger partial charge in [0.1, 0.15) is 0 Å². The van der Waals surface area contributed by atoms with Gasteiger partial charge in [-0.2, -0.15) is 0 Å². The second-order valence-corrected chi connectivity index (χ2v) is 8.77. The molecule has 140 valence electrons. The summed E-state index contributed by atoms with van der Waals surface area (Å²) in [5.74, 6) is -0.262. The molecule has 2 aromatic carbocycles. The average molecular weight is 375 g/mol. The molecule has 26 heavy (non-hydrogen) atoms. The van der Waals surface area contributed by atoms with Crippen LogP contribution in [0.3, 0.4) is 0 Å². The second kappa shape index (κ2) is 7.99. The number of anilines is 1. The fourth-order valence-corrected chi connectivity index (χ4v) is 3.28. The van der Waals surface area contributed by atoms with E-state index in [4.69, 9.17) is 5.14 Å². The van der Waals surface area contributed by atoms with Crippen LogP contribution in [-0.2, 0) is 14.8 Å². The summed E-state index contributed by atoms with van der Waals surface area (Å²) in [7, 11) is -3.81. The third-order valence-electron chi connectivity index (χ3n) is 3.91. The van der Waals surface area contributed by atoms with Crippen molar-refractivity contribution in [1.82, 2.24) is 5.32 Å². The number of nitrogens with one attached hydrogen (secondary N) is 2. The molecule has 0 saturated heterocycles. The van der Waals surface area contributed by atoms with E-state index in [0.29, 0.717) is 5.69 Å². The summed E-state index contributed by atoms with van der Waals surface area (Å²) in [6.07, 6.45) is 0. The molecule has 6 nitrogen and oxygen atoms in total. The Labute approximate surface area is 154 Å². The molecule has 4 N–H and O–H groups in total. The number of rotatable bonds is 6. The lowest BCUT2D eigenvalue weighted by Crippen LogP contribution is -2.37. The van der Waals surface area contributed by atoms with E-state index in [9.17, 15) is 13.2 Å². The number of nitrogens with two attached hydrogens (primary N) is 1. The van der Waals surface area contributed by atoms with Crippen LogP contribution in [0.1, 0.15) is 32.4 Å². The van der Waals surface area contributed by atoms with E-state index in [2.05, 4.69) is 31.4 Å². The normalized spacial score (nSPS) is 13.2. The van der Waals surface area contributed by atoms with Gasteiger partial charge in [-0.05, 0) is 29.2 Å². The highest BCUT2D eigenvalue weighted by atomic mass is 32.2. The van der Waals surface area contributed by atoms with Crippen molar-refractivity contribution in [2.75, 3.05) is 11.9 Å². The molecule has 0 aliphatic heterocycles. The van der Waals surface area contributed by atoms with Crippen molar-refractivity contribution >= 4 is 21.6 Å². The SMILES string of the molecule is CC(C)(C)C(NCC(=O)Nc1cccc(S(N)(=O)=O)c1)c1ccccc1. The van der Waals surface area contributed by atoms with Gasteiger partial charge in [-0.3, -0.25) is 4.79 Å². The lowest BCUT2D eigenvalue weighted by Gasteiger charge is -2.32. The van der Waals surface area contributed by atoms with Crippen molar-refractivity contribution in [3.8, 4) is 0 Å². The Balaban J connectivity index is 2.05. The predicted molar refractivity (Wildman–Crippen MR) is 103 cm³/mol. The smallest absolute Gasteiger partial charge is 0.238 e. The standard InChI is InChI=1S/C19H25N3O3S/c1-19(2,3)18(14-8-5-4-6-9-14)21-13-17(23)22-15-10-7-11-16(12-15)26(20,24)25/h4-12,18,21H,13H2,1-3H3,(H,22,23)(H2,20,24,25). The van der Waals surface area contributed by atoms with Gasteiger partial charge in [-0.1, -0.05) is 57.2 Å². The molecule has 0 saturated carbocycles. The minimum Gasteiger partial charge on any atom is -0.325 e. The Morgan fingerprint density at radius 2 is 1.73 bits per heavy atom. The fraction of sp³-hybridized carbons (Fsp3) is 0.316. The quantitative estimate of drug-likeness (QED) is 0.722. The molecule has 1 unspecified atom stereocenters. The van der Waals surface area contributed by atoms with Gasteiger partial charge >= 0.3 is 0 Å². The van der Waals surface area contributed by atoms with Gasteiger partial charge in [-0.25, -0.2) is 13.6 Å². The second-order valence-electron chi connectivity index (χ2n) is 7.21. The van der Waals surface area contributed by atoms with E-state index in [-0.39, 0.29) is 28.8 Å². The molecule has 1 atom stereocenters. The summed E-state index contributed by atoms with van der Waals surface area (Å²) in [5.41, 5.74) is 1.40. The monoisotopic (exact) mass is 375 g/mol. The van der Waals surface area contributed by atoms with Gasteiger partial charge in [0.25, 0.3) is 0 Å². The Morgan fingerprint density at radius 3 is 2.31 bits per heavy atom. The van der Waals surface area contributed by atoms with Crippen LogP contribution in [0.2, 0.25) is 0 Å². The van der Waals surface area contributed by atoms with Gasteiger partial charge in [0.15, 0.2) is 0 Å². The van der Waals surface area contributed by atoms with Crippen molar-refractivity contribution in [3.63, 3.8) is 0 Å². The molecule has 0 fully saturated rings. The number of sulfonamides is 1. The number of carbonyl (C=O) groups is 1. The van der Waals surface area contributed by atoms with Crippen molar-refractivity contribution in [1.29, 1.82) is 0 Å². The number of benzene rings is 2. The highest BCUT2D eigenvalue weighted by molar-refractivity contribution is 7.89. The molecule has 0 aromatic heterocycles. The Bertz CT molecular complexity index is 859. The summed E-state index contributed by atoms with van der Waals surface area (Å²) in [6, 6.07) is 15.8. The first-order valence-electron chi connectivity index (χ1n) is 8.28. The van der Waals surface area contributed by atoms with Crippen LogP contribution < -0.4 is 15.8 Å². The van der Waals surface area contributed by atoms with Gasteiger partial charge in [0, 0.05) is 11.7 Å². The minimum atomic E-state index is -3.81. The average Bonchev–Trinajstić information content (AvgIpc) is 2.54. The van der Waals surface area contributed by atoms with Crippen molar-refractivity contribution < 1.29 is 13.2 Å². The van der Waals surface area contributed by atoms with E-state index in [1.807, 2.05) is 30.3 Å². The molecule has 0 aliphatic rings. The zero-order chi connectivity index (χ0) is 19.4. The molecule has 0 bridgehead atoms. The molecule has 0 radical (unpaired) electrons. The zero-order valence-corrected chi connectivity index (χ0v) is 16.0. The lowest BCUT2D eigenvalue weighted by molar-refractivity contribution is -0.115. The Kier molecular flexibility index (Phi) is 6.17. The molecule has 1 amide bonds. The molecule has 2 rings (SSSR count). The fourth-order valence-electron chi connectivity index (χ4n) is 2.72. The molecule has 0 spiro atoms. The summed E-state index contributed by atoms with van der Waals surface area (Å²) in [5, 5.41) is 11.1. The molecule has 0 heterocycles. The van der Waals surface area contributed by atoms with Gasteiger partial charge < -0.3 is 10.6 Å². The van der Waals surface area contributed by atoms with Gasteiger partial charge in [0.2, 0.25) is 15.9 Å². The van der Waals surface area contributed by atoms with E-state index in [1.165, 1.54) is 18.2 Å². The van der Waals surface area contributed by atoms with Crippen LogP contribution in [0, 0.1) is 5.41 Å². The largest absolute Gasteiger partial charge is 0.325 e. The van der Waals surface area contributed by atoms with Crippen LogP contribution >= 0.6 is 0 Å². The Morgan fingerprint density at radius 1 is 1.08 bits per heavy atom. The number of carbonyl (C=O) groups excluding carboxylic acids is 1. The third kappa shape index (κ3) is 5.66. The topological polar surface area (TPSA) is 101 Å². The number of amides is 1. The van der Waals surface area contributed by atoms with Crippen LogP contribution in [0.4, 0.5) is 5.69 Å². The molecule has 0 aliphatic carbocycles. The van der Waals surface area contributed by atoms with Crippen molar-refractivity contribution in [2.24, 2.45) is 10.6 Å². The van der Waals surface area contributed by atoms with E-state index < -0.39 is 10.0 Å². The summed E-state index contributed by atoms with van der Waals surface area (Å²) in [4.78, 5) is 12.2. The van der Waals surface area contributed by atoms with Crippen LogP contribution in [-0.4, -0.2) is 20.9 Å². The van der Waals surface area contributed by atoms with E-state index in [1.54, 1.807) is 6.07 Å². The van der Waals surface area contributed by atoms with Crippen LogP contribution in [0.15, 0.2) is 59.5 Å². The molecular formula is C19H25N3O3S. The van der Waals surface area contributed by atoms with E-state index in [0.717, 1.165) is 5.56 Å². The first-order valence-corrected chi connectivity index (χ1v) is 9.83. The number of primary sulfonamides is 1. The summed E-state index contributed by atoms with van der Waals surface area (Å²) in [6.45, 7) is 6.40. The van der Waals surface area contributed by atoms with E-state index >= 15 is 0 Å². The van der Waals surface area contributed by atoms with Crippen molar-refractivity contribution in [2.45, 2.75) is 31.7 Å². The summed E-state index contributed by atoms with van der Waals surface area (Å²) < 4.78 is 22.8. The molecule has 7 heteroatoms. The third-order valence-corrected chi connectivity index (χ3v) is 4.82. The van der Waals surface area contributed by atoms with Crippen LogP contribution in [0.5, 0.6) is 0 Å². The molecular weight excluding hydrogens is 350 g/mol. The highest BCUT2D eigenvalue weighted by Crippen LogP contribution is 2.32. The number of hydrogen-bond acceptors (Lipinski definition) is 4.